The SMILES string of the molecule is CC(C)Oc1ccc(Nc2nc(=O)n([C@H]3C[C@H]3C(=O)O)c(=O)n2Cc2ccc(Cl)cc2)cc1F. The number of halogens is 2. The average molecular weight is 489 g/mol. The lowest BCUT2D eigenvalue weighted by molar-refractivity contribution is -0.138. The van der Waals surface area contributed by atoms with Crippen LogP contribution in [0, 0.1) is 11.7 Å². The first-order chi connectivity index (χ1) is 16.1. The number of aliphatic carboxylic acids is 1. The maximum absolute atomic E-state index is 14.5. The van der Waals surface area contributed by atoms with Crippen LogP contribution in [0.4, 0.5) is 16.0 Å². The normalized spacial score (nSPS) is 17.0. The summed E-state index contributed by atoms with van der Waals surface area (Å²) >= 11 is 5.95. The zero-order valence-corrected chi connectivity index (χ0v) is 19.1. The minimum Gasteiger partial charge on any atom is -0.488 e. The van der Waals surface area contributed by atoms with Crippen molar-refractivity contribution in [2.75, 3.05) is 5.32 Å². The molecule has 0 bridgehead atoms. The number of aromatic nitrogens is 3. The molecule has 1 saturated carbocycles. The highest BCUT2D eigenvalue weighted by Gasteiger charge is 2.47. The van der Waals surface area contributed by atoms with E-state index < -0.39 is 35.1 Å². The summed E-state index contributed by atoms with van der Waals surface area (Å²) in [6.45, 7) is 3.57. The fourth-order valence-electron chi connectivity index (χ4n) is 3.59. The van der Waals surface area contributed by atoms with Gasteiger partial charge in [-0.3, -0.25) is 9.36 Å². The molecule has 0 radical (unpaired) electrons. The van der Waals surface area contributed by atoms with E-state index in [1.54, 1.807) is 38.1 Å². The summed E-state index contributed by atoms with van der Waals surface area (Å²) in [7, 11) is 0. The lowest BCUT2D eigenvalue weighted by Gasteiger charge is -2.16. The zero-order chi connectivity index (χ0) is 24.6. The quantitative estimate of drug-likeness (QED) is 0.499. The van der Waals surface area contributed by atoms with Gasteiger partial charge in [-0.25, -0.2) is 18.5 Å². The number of hydrogen-bond acceptors (Lipinski definition) is 6. The summed E-state index contributed by atoms with van der Waals surface area (Å²) in [5.41, 5.74) is -0.656. The second kappa shape index (κ2) is 9.30. The molecule has 4 rings (SSSR count). The molecule has 1 heterocycles. The summed E-state index contributed by atoms with van der Waals surface area (Å²) in [4.78, 5) is 41.3. The molecule has 9 nitrogen and oxygen atoms in total. The summed E-state index contributed by atoms with van der Waals surface area (Å²) < 4.78 is 21.9. The number of carboxylic acids is 1. The Kier molecular flexibility index (Phi) is 6.43. The van der Waals surface area contributed by atoms with Gasteiger partial charge in [-0.1, -0.05) is 23.7 Å². The van der Waals surface area contributed by atoms with Crippen molar-refractivity contribution in [3.8, 4) is 5.75 Å². The molecule has 2 atom stereocenters. The minimum atomic E-state index is -1.08. The van der Waals surface area contributed by atoms with Crippen LogP contribution in [0.2, 0.25) is 5.02 Å². The Labute approximate surface area is 198 Å². The third-order valence-corrected chi connectivity index (χ3v) is 5.56. The highest BCUT2D eigenvalue weighted by atomic mass is 35.5. The van der Waals surface area contributed by atoms with E-state index in [4.69, 9.17) is 16.3 Å². The van der Waals surface area contributed by atoms with Crippen molar-refractivity contribution in [1.82, 2.24) is 14.1 Å². The Morgan fingerprint density at radius 1 is 1.26 bits per heavy atom. The molecular formula is C23H22ClFN4O5. The molecule has 2 aromatic carbocycles. The van der Waals surface area contributed by atoms with Crippen molar-refractivity contribution in [2.24, 2.45) is 5.92 Å². The molecule has 34 heavy (non-hydrogen) atoms. The molecule has 1 fully saturated rings. The number of benzene rings is 2. The Bertz CT molecular complexity index is 1350. The van der Waals surface area contributed by atoms with E-state index in [0.717, 1.165) is 4.57 Å². The maximum Gasteiger partial charge on any atom is 0.355 e. The van der Waals surface area contributed by atoms with Gasteiger partial charge in [0.1, 0.15) is 0 Å². The molecule has 11 heteroatoms. The van der Waals surface area contributed by atoms with E-state index in [-0.39, 0.29) is 36.5 Å². The van der Waals surface area contributed by atoms with Crippen LogP contribution in [0.3, 0.4) is 0 Å². The number of anilines is 2. The van der Waals surface area contributed by atoms with Crippen molar-refractivity contribution < 1.29 is 19.0 Å². The molecule has 0 spiro atoms. The summed E-state index contributed by atoms with van der Waals surface area (Å²) in [5.74, 6) is -2.57. The third kappa shape index (κ3) is 4.96. The van der Waals surface area contributed by atoms with Crippen molar-refractivity contribution in [1.29, 1.82) is 0 Å². The molecular weight excluding hydrogens is 467 g/mol. The average Bonchev–Trinajstić information content (AvgIpc) is 3.55. The zero-order valence-electron chi connectivity index (χ0n) is 18.4. The number of carbonyl (C=O) groups is 1. The lowest BCUT2D eigenvalue weighted by atomic mass is 10.2. The Morgan fingerprint density at radius 3 is 2.56 bits per heavy atom. The summed E-state index contributed by atoms with van der Waals surface area (Å²) in [6.07, 6.45) is -0.0493. The van der Waals surface area contributed by atoms with Gasteiger partial charge >= 0.3 is 17.3 Å². The first-order valence-electron chi connectivity index (χ1n) is 10.6. The molecule has 1 aliphatic rings. The van der Waals surface area contributed by atoms with E-state index >= 15 is 0 Å². The maximum atomic E-state index is 14.5. The second-order valence-electron chi connectivity index (χ2n) is 8.27. The van der Waals surface area contributed by atoms with Crippen LogP contribution < -0.4 is 21.4 Å². The van der Waals surface area contributed by atoms with Crippen LogP contribution in [0.5, 0.6) is 5.75 Å². The van der Waals surface area contributed by atoms with Crippen LogP contribution in [-0.4, -0.2) is 31.3 Å². The number of hydrogen-bond donors (Lipinski definition) is 2. The lowest BCUT2D eigenvalue weighted by Crippen LogP contribution is -2.42. The van der Waals surface area contributed by atoms with E-state index in [1.807, 2.05) is 0 Å². The molecule has 0 unspecified atom stereocenters. The smallest absolute Gasteiger partial charge is 0.355 e. The molecule has 1 aliphatic carbocycles. The largest absolute Gasteiger partial charge is 0.488 e. The molecule has 0 amide bonds. The second-order valence-corrected chi connectivity index (χ2v) is 8.70. The predicted octanol–water partition coefficient (Wildman–Crippen LogP) is 3.42. The van der Waals surface area contributed by atoms with Gasteiger partial charge < -0.3 is 15.2 Å². The topological polar surface area (TPSA) is 115 Å². The van der Waals surface area contributed by atoms with Gasteiger partial charge in [0.05, 0.1) is 24.6 Å². The van der Waals surface area contributed by atoms with Gasteiger partial charge in [0.2, 0.25) is 5.95 Å². The summed E-state index contributed by atoms with van der Waals surface area (Å²) in [5, 5.41) is 12.6. The number of rotatable bonds is 8. The third-order valence-electron chi connectivity index (χ3n) is 5.31. The number of ether oxygens (including phenoxy) is 1. The van der Waals surface area contributed by atoms with Gasteiger partial charge in [-0.2, -0.15) is 4.98 Å². The highest BCUT2D eigenvalue weighted by Crippen LogP contribution is 2.41. The number of nitrogens with one attached hydrogen (secondary N) is 1. The van der Waals surface area contributed by atoms with E-state index in [2.05, 4.69) is 10.3 Å². The van der Waals surface area contributed by atoms with Crippen LogP contribution in [0.15, 0.2) is 52.1 Å². The van der Waals surface area contributed by atoms with Crippen LogP contribution in [-0.2, 0) is 11.3 Å². The van der Waals surface area contributed by atoms with Crippen molar-refractivity contribution in [3.05, 3.63) is 79.8 Å². The molecule has 1 aromatic heterocycles. The van der Waals surface area contributed by atoms with E-state index in [0.29, 0.717) is 10.6 Å². The van der Waals surface area contributed by atoms with Crippen molar-refractivity contribution in [3.63, 3.8) is 0 Å². The standard InChI is InChI=1S/C23H22ClFN4O5/c1-12(2)34-19-8-7-15(9-17(19)25)26-21-27-22(32)29(18-10-16(18)20(30)31)23(33)28(21)11-13-3-5-14(24)6-4-13/h3-9,12,16,18H,10-11H2,1-2H3,(H,30,31)(H,26,27,32)/t16-,18+/m1/s1. The predicted molar refractivity (Wildman–Crippen MR) is 124 cm³/mol. The van der Waals surface area contributed by atoms with Crippen molar-refractivity contribution in [2.45, 2.75) is 39.0 Å². The Hall–Kier alpha value is -3.66. The van der Waals surface area contributed by atoms with Crippen LogP contribution in [0.1, 0.15) is 31.9 Å². The fourth-order valence-corrected chi connectivity index (χ4v) is 3.72. The van der Waals surface area contributed by atoms with Crippen LogP contribution in [0.25, 0.3) is 0 Å². The Balaban J connectivity index is 1.74. The van der Waals surface area contributed by atoms with Gasteiger partial charge in [0, 0.05) is 16.8 Å². The van der Waals surface area contributed by atoms with E-state index in [9.17, 15) is 23.9 Å². The Morgan fingerprint density at radius 2 is 1.97 bits per heavy atom. The van der Waals surface area contributed by atoms with Gasteiger partial charge in [-0.15, -0.1) is 0 Å². The first-order valence-corrected chi connectivity index (χ1v) is 11.0. The summed E-state index contributed by atoms with van der Waals surface area (Å²) in [6, 6.07) is 10.1. The fraction of sp³-hybridized carbons (Fsp3) is 0.304. The van der Waals surface area contributed by atoms with Gasteiger partial charge in [-0.05, 0) is 50.1 Å². The molecule has 2 N–H and O–H groups in total. The molecule has 0 saturated heterocycles. The minimum absolute atomic E-state index is 0.0209. The molecule has 3 aromatic rings. The molecule has 0 aliphatic heterocycles. The molecule has 178 valence electrons. The van der Waals surface area contributed by atoms with E-state index in [1.165, 1.54) is 22.8 Å². The number of carboxylic acid groups (broad SMARTS) is 1. The van der Waals surface area contributed by atoms with Gasteiger partial charge in [0.25, 0.3) is 0 Å². The first kappa shape index (κ1) is 23.5. The van der Waals surface area contributed by atoms with Crippen LogP contribution >= 0.6 is 11.6 Å². The monoisotopic (exact) mass is 488 g/mol. The van der Waals surface area contributed by atoms with Gasteiger partial charge in [0.15, 0.2) is 11.6 Å². The number of nitrogens with zero attached hydrogens (tertiary/aromatic N) is 3. The highest BCUT2D eigenvalue weighted by molar-refractivity contribution is 6.30. The van der Waals surface area contributed by atoms with Crippen molar-refractivity contribution >= 4 is 29.2 Å².